The van der Waals surface area contributed by atoms with Gasteiger partial charge < -0.3 is 14.4 Å². The second-order valence-corrected chi connectivity index (χ2v) is 7.99. The summed E-state index contributed by atoms with van der Waals surface area (Å²) in [6, 6.07) is 10.2. The maximum atomic E-state index is 12.8. The fourth-order valence-electron chi connectivity index (χ4n) is 4.51. The van der Waals surface area contributed by atoms with E-state index in [4.69, 9.17) is 0 Å². The molecule has 2 aliphatic rings. The van der Waals surface area contributed by atoms with Crippen molar-refractivity contribution in [2.75, 3.05) is 31.1 Å². The fourth-order valence-corrected chi connectivity index (χ4v) is 4.51. The molecule has 2 saturated heterocycles. The summed E-state index contributed by atoms with van der Waals surface area (Å²) in [6.45, 7) is 2.96. The van der Waals surface area contributed by atoms with Gasteiger partial charge >= 0.3 is 6.18 Å². The molecular weight excluding hydrogens is 395 g/mol. The van der Waals surface area contributed by atoms with Gasteiger partial charge in [-0.05, 0) is 24.3 Å². The summed E-state index contributed by atoms with van der Waals surface area (Å²) >= 11 is 0. The first-order chi connectivity index (χ1) is 14.4. The fraction of sp³-hybridized carbons (Fsp3) is 0.381. The van der Waals surface area contributed by atoms with Crippen LogP contribution in [0.5, 0.6) is 0 Å². The minimum Gasteiger partial charge on any atom is -0.356 e. The average Bonchev–Trinajstić information content (AvgIpc) is 3.41. The average molecular weight is 415 g/mol. The Labute approximate surface area is 170 Å². The number of hydrogen-bond acceptors (Lipinski definition) is 4. The first-order valence-corrected chi connectivity index (χ1v) is 9.84. The number of aromatic nitrogens is 3. The largest absolute Gasteiger partial charge is 0.417 e. The molecule has 2 fully saturated rings. The number of rotatable bonds is 3. The van der Waals surface area contributed by atoms with Gasteiger partial charge in [-0.15, -0.1) is 0 Å². The Morgan fingerprint density at radius 2 is 1.73 bits per heavy atom. The molecular formula is C21H20F3N5O. The van der Waals surface area contributed by atoms with Crippen molar-refractivity contribution in [3.63, 3.8) is 0 Å². The number of para-hydroxylation sites is 2. The van der Waals surface area contributed by atoms with Crippen LogP contribution in [0.2, 0.25) is 0 Å². The van der Waals surface area contributed by atoms with E-state index in [1.807, 2.05) is 38.6 Å². The van der Waals surface area contributed by atoms with Gasteiger partial charge in [0.05, 0.1) is 22.9 Å². The summed E-state index contributed by atoms with van der Waals surface area (Å²) in [4.78, 5) is 25.1. The number of nitrogens with zero attached hydrogens (tertiary/aromatic N) is 5. The molecule has 156 valence electrons. The number of fused-ring (bicyclic) bond motifs is 2. The first-order valence-electron chi connectivity index (χ1n) is 9.84. The molecule has 9 heteroatoms. The van der Waals surface area contributed by atoms with E-state index in [9.17, 15) is 18.0 Å². The molecule has 1 amide bonds. The standard InChI is InChI=1S/C21H20F3N5O/c22-21(23,24)16-5-6-19(25-7-16)27-8-14-10-28(11-15(14)9-27)20(30)12-29-13-26-17-3-1-2-4-18(17)29/h1-7,13-15H,8-12H2. The van der Waals surface area contributed by atoms with Crippen molar-refractivity contribution in [3.05, 3.63) is 54.5 Å². The van der Waals surface area contributed by atoms with Gasteiger partial charge in [0.1, 0.15) is 12.4 Å². The molecule has 0 spiro atoms. The van der Waals surface area contributed by atoms with Gasteiger partial charge in [0.15, 0.2) is 0 Å². The number of imidazole rings is 1. The number of carbonyl (C=O) groups excluding carboxylic acids is 1. The van der Waals surface area contributed by atoms with Crippen molar-refractivity contribution in [2.24, 2.45) is 11.8 Å². The van der Waals surface area contributed by atoms with E-state index in [0.717, 1.165) is 23.3 Å². The summed E-state index contributed by atoms with van der Waals surface area (Å²) in [5.41, 5.74) is 1.06. The lowest BCUT2D eigenvalue weighted by Crippen LogP contribution is -2.35. The van der Waals surface area contributed by atoms with E-state index in [1.165, 1.54) is 6.07 Å². The zero-order chi connectivity index (χ0) is 20.9. The Morgan fingerprint density at radius 3 is 2.40 bits per heavy atom. The molecule has 0 N–H and O–H groups in total. The summed E-state index contributed by atoms with van der Waals surface area (Å²) in [5, 5.41) is 0. The first kappa shape index (κ1) is 18.9. The van der Waals surface area contributed by atoms with Gasteiger partial charge in [-0.3, -0.25) is 4.79 Å². The molecule has 2 aromatic heterocycles. The summed E-state index contributed by atoms with van der Waals surface area (Å²) in [5.74, 6) is 1.22. The minimum atomic E-state index is -4.38. The molecule has 2 atom stereocenters. The van der Waals surface area contributed by atoms with Crippen LogP contribution in [-0.4, -0.2) is 51.5 Å². The summed E-state index contributed by atoms with van der Waals surface area (Å²) in [6.07, 6.45) is -1.80. The quantitative estimate of drug-likeness (QED) is 0.660. The summed E-state index contributed by atoms with van der Waals surface area (Å²) < 4.78 is 40.1. The van der Waals surface area contributed by atoms with Crippen LogP contribution < -0.4 is 4.90 Å². The molecule has 2 unspecified atom stereocenters. The zero-order valence-electron chi connectivity index (χ0n) is 16.1. The van der Waals surface area contributed by atoms with Gasteiger partial charge in [0.2, 0.25) is 5.91 Å². The van der Waals surface area contributed by atoms with Gasteiger partial charge in [-0.1, -0.05) is 12.1 Å². The highest BCUT2D eigenvalue weighted by Crippen LogP contribution is 2.35. The van der Waals surface area contributed by atoms with E-state index in [-0.39, 0.29) is 12.5 Å². The van der Waals surface area contributed by atoms with Crippen molar-refractivity contribution >= 4 is 22.8 Å². The molecule has 0 aliphatic carbocycles. The molecule has 30 heavy (non-hydrogen) atoms. The molecule has 4 heterocycles. The van der Waals surface area contributed by atoms with Crippen LogP contribution in [-0.2, 0) is 17.5 Å². The van der Waals surface area contributed by atoms with Crippen LogP contribution in [0, 0.1) is 11.8 Å². The number of hydrogen-bond donors (Lipinski definition) is 0. The molecule has 2 aliphatic heterocycles. The molecule has 1 aromatic carbocycles. The highest BCUT2D eigenvalue weighted by Gasteiger charge is 2.42. The minimum absolute atomic E-state index is 0.0618. The third kappa shape index (κ3) is 3.38. The topological polar surface area (TPSA) is 54.3 Å². The van der Waals surface area contributed by atoms with Gasteiger partial charge in [0, 0.05) is 44.2 Å². The Bertz CT molecular complexity index is 1060. The Morgan fingerprint density at radius 1 is 1.00 bits per heavy atom. The predicted octanol–water partition coefficient (Wildman–Crippen LogP) is 3.04. The van der Waals surface area contributed by atoms with Crippen molar-refractivity contribution < 1.29 is 18.0 Å². The SMILES string of the molecule is O=C(Cn1cnc2ccccc21)N1CC2CN(c3ccc(C(F)(F)F)cn3)CC2C1. The number of carbonyl (C=O) groups is 1. The number of amides is 1. The van der Waals surface area contributed by atoms with Crippen LogP contribution in [0.4, 0.5) is 19.0 Å². The van der Waals surface area contributed by atoms with E-state index in [1.54, 1.807) is 6.33 Å². The highest BCUT2D eigenvalue weighted by atomic mass is 19.4. The molecule has 3 aromatic rings. The second-order valence-electron chi connectivity index (χ2n) is 7.99. The van der Waals surface area contributed by atoms with Crippen LogP contribution in [0.1, 0.15) is 5.56 Å². The van der Waals surface area contributed by atoms with Gasteiger partial charge in [0.25, 0.3) is 0 Å². The molecule has 0 bridgehead atoms. The third-order valence-electron chi connectivity index (χ3n) is 6.07. The van der Waals surface area contributed by atoms with Crippen molar-refractivity contribution in [1.82, 2.24) is 19.4 Å². The van der Waals surface area contributed by atoms with Gasteiger partial charge in [-0.25, -0.2) is 9.97 Å². The Balaban J connectivity index is 1.21. The van der Waals surface area contributed by atoms with Gasteiger partial charge in [-0.2, -0.15) is 13.2 Å². The third-order valence-corrected chi connectivity index (χ3v) is 6.07. The molecule has 5 rings (SSSR count). The molecule has 0 saturated carbocycles. The number of halogens is 3. The summed E-state index contributed by atoms with van der Waals surface area (Å²) in [7, 11) is 0. The van der Waals surface area contributed by atoms with Crippen LogP contribution >= 0.6 is 0 Å². The second kappa shape index (κ2) is 7.00. The number of anilines is 1. The maximum absolute atomic E-state index is 12.8. The Kier molecular flexibility index (Phi) is 4.41. The number of alkyl halides is 3. The molecule has 6 nitrogen and oxygen atoms in total. The van der Waals surface area contributed by atoms with Crippen LogP contribution in [0.25, 0.3) is 11.0 Å². The highest BCUT2D eigenvalue weighted by molar-refractivity contribution is 5.80. The number of likely N-dealkylation sites (tertiary alicyclic amines) is 1. The lowest BCUT2D eigenvalue weighted by atomic mass is 10.0. The smallest absolute Gasteiger partial charge is 0.356 e. The van der Waals surface area contributed by atoms with Crippen molar-refractivity contribution in [1.29, 1.82) is 0 Å². The Hall–Kier alpha value is -3.10. The maximum Gasteiger partial charge on any atom is 0.417 e. The lowest BCUT2D eigenvalue weighted by Gasteiger charge is -2.23. The van der Waals surface area contributed by atoms with E-state index < -0.39 is 11.7 Å². The normalized spacial score (nSPS) is 21.4. The van der Waals surface area contributed by atoms with E-state index in [2.05, 4.69) is 9.97 Å². The predicted molar refractivity (Wildman–Crippen MR) is 105 cm³/mol. The van der Waals surface area contributed by atoms with E-state index in [0.29, 0.717) is 43.8 Å². The lowest BCUT2D eigenvalue weighted by molar-refractivity contribution is -0.137. The monoisotopic (exact) mass is 415 g/mol. The molecule has 0 radical (unpaired) electrons. The van der Waals surface area contributed by atoms with Crippen molar-refractivity contribution in [2.45, 2.75) is 12.7 Å². The van der Waals surface area contributed by atoms with Crippen molar-refractivity contribution in [3.8, 4) is 0 Å². The van der Waals surface area contributed by atoms with Crippen LogP contribution in [0.3, 0.4) is 0 Å². The zero-order valence-corrected chi connectivity index (χ0v) is 16.1. The van der Waals surface area contributed by atoms with E-state index >= 15 is 0 Å². The number of pyridine rings is 1. The number of benzene rings is 1. The van der Waals surface area contributed by atoms with Crippen LogP contribution in [0.15, 0.2) is 48.9 Å².